The Morgan fingerprint density at radius 3 is 2.04 bits per heavy atom. The summed E-state index contributed by atoms with van der Waals surface area (Å²) in [7, 11) is 0. The molecule has 14 nitrogen and oxygen atoms in total. The van der Waals surface area contributed by atoms with Gasteiger partial charge in [-0.1, -0.05) is 24.3 Å². The molecule has 8 N–H and O–H groups in total. The summed E-state index contributed by atoms with van der Waals surface area (Å²) in [6, 6.07) is 14.6. The number of benzene rings is 3. The molecule has 1 saturated heterocycles. The van der Waals surface area contributed by atoms with Gasteiger partial charge in [-0.05, 0) is 59.7 Å². The zero-order chi connectivity index (χ0) is 36.5. The van der Waals surface area contributed by atoms with Crippen LogP contribution in [0.5, 0.6) is 5.75 Å². The number of rotatable bonds is 17. The maximum Gasteiger partial charge on any atom is 0.329 e. The Balaban J connectivity index is 1.34. The van der Waals surface area contributed by atoms with Crippen LogP contribution in [0.25, 0.3) is 0 Å². The van der Waals surface area contributed by atoms with E-state index in [1.54, 1.807) is 24.3 Å². The van der Waals surface area contributed by atoms with E-state index in [1.165, 1.54) is 65.2 Å². The van der Waals surface area contributed by atoms with E-state index < -0.39 is 90.9 Å². The number of carbonyl (C=O) groups excluding carboxylic acids is 3. The van der Waals surface area contributed by atoms with Gasteiger partial charge in [-0.25, -0.2) is 13.6 Å². The van der Waals surface area contributed by atoms with Crippen molar-refractivity contribution < 1.29 is 63.3 Å². The molecule has 1 unspecified atom stereocenters. The number of hydrogen-bond acceptors (Lipinski definition) is 11. The molecule has 0 radical (unpaired) electrons. The van der Waals surface area contributed by atoms with E-state index >= 15 is 0 Å². The van der Waals surface area contributed by atoms with Gasteiger partial charge >= 0.3 is 5.97 Å². The third-order valence-corrected chi connectivity index (χ3v) is 9.06. The van der Waals surface area contributed by atoms with E-state index in [1.807, 2.05) is 5.32 Å². The Bertz CT molecular complexity index is 1630. The summed E-state index contributed by atoms with van der Waals surface area (Å²) in [4.78, 5) is 50.7. The molecule has 268 valence electrons. The average molecular weight is 720 g/mol. The highest BCUT2D eigenvalue weighted by Crippen LogP contribution is 2.46. The van der Waals surface area contributed by atoms with E-state index in [-0.39, 0.29) is 17.4 Å². The fraction of sp³-hybridized carbons (Fsp3) is 0.333. The summed E-state index contributed by atoms with van der Waals surface area (Å²) in [6.07, 6.45) is -7.10. The Kier molecular flexibility index (Phi) is 13.2. The molecule has 3 amide bonds. The zero-order valence-electron chi connectivity index (χ0n) is 26.1. The summed E-state index contributed by atoms with van der Waals surface area (Å²) in [5, 5.41) is 61.5. The van der Waals surface area contributed by atoms with Crippen molar-refractivity contribution in [2.24, 2.45) is 0 Å². The van der Waals surface area contributed by atoms with Gasteiger partial charge in [-0.2, -0.15) is 0 Å². The smallest absolute Gasteiger partial charge is 0.329 e. The standard InChI is InChI=1S/C33H35F2N3O11S/c34-19-5-1-17(2-6-19)24(41)16-50-31-28(38(32(31)46)21-9-7-20(35)8-10-21)18-3-11-22(12-4-18)49-15-26(43)36-13-25(42)37-27(33(47)48)30(45)29(44)23(40)14-39/h1-12,23-24,27-31,39-41,44-45H,13-16H2,(H,36,43)(H,37,42)(H,47,48)/t23-,24?,27-,28-,29-,30-,31-/m1/s1. The third kappa shape index (κ3) is 9.52. The van der Waals surface area contributed by atoms with E-state index in [2.05, 4.69) is 5.32 Å². The number of anilines is 1. The minimum absolute atomic E-state index is 0.135. The molecule has 3 aromatic rings. The first-order chi connectivity index (χ1) is 23.8. The van der Waals surface area contributed by atoms with Gasteiger partial charge < -0.3 is 50.9 Å². The molecular formula is C33H35F2N3O11S. The van der Waals surface area contributed by atoms with Crippen LogP contribution < -0.4 is 20.3 Å². The van der Waals surface area contributed by atoms with Crippen molar-refractivity contribution in [1.29, 1.82) is 0 Å². The zero-order valence-corrected chi connectivity index (χ0v) is 27.0. The van der Waals surface area contributed by atoms with Crippen molar-refractivity contribution in [1.82, 2.24) is 10.6 Å². The Hall–Kier alpha value is -4.65. The van der Waals surface area contributed by atoms with Gasteiger partial charge in [0.25, 0.3) is 5.91 Å². The summed E-state index contributed by atoms with van der Waals surface area (Å²) in [5.41, 5.74) is 1.62. The molecule has 7 atom stereocenters. The monoisotopic (exact) mass is 719 g/mol. The lowest BCUT2D eigenvalue weighted by Crippen LogP contribution is -2.57. The maximum absolute atomic E-state index is 13.6. The van der Waals surface area contributed by atoms with Crippen molar-refractivity contribution in [3.8, 4) is 5.75 Å². The number of hydrogen-bond donors (Lipinski definition) is 8. The number of nitrogens with zero attached hydrogens (tertiary/aromatic N) is 1. The largest absolute Gasteiger partial charge is 0.484 e. The van der Waals surface area contributed by atoms with E-state index in [0.29, 0.717) is 16.8 Å². The van der Waals surface area contributed by atoms with Crippen LogP contribution in [-0.2, 0) is 19.2 Å². The number of carboxylic acids is 1. The van der Waals surface area contributed by atoms with Gasteiger partial charge in [0.05, 0.1) is 25.3 Å². The van der Waals surface area contributed by atoms with E-state index in [0.717, 1.165) is 0 Å². The van der Waals surface area contributed by atoms with Crippen LogP contribution in [0.15, 0.2) is 72.8 Å². The Morgan fingerprint density at radius 2 is 1.46 bits per heavy atom. The van der Waals surface area contributed by atoms with E-state index in [4.69, 9.17) is 9.84 Å². The number of ether oxygens (including phenoxy) is 1. The molecule has 0 bridgehead atoms. The van der Waals surface area contributed by atoms with Crippen LogP contribution in [0.3, 0.4) is 0 Å². The van der Waals surface area contributed by atoms with Gasteiger partial charge in [0.2, 0.25) is 11.8 Å². The molecule has 0 aromatic heterocycles. The molecule has 1 aliphatic heterocycles. The average Bonchev–Trinajstić information content (AvgIpc) is 3.11. The number of aliphatic carboxylic acids is 1. The second kappa shape index (κ2) is 17.3. The SMILES string of the molecule is O=C(COc1ccc([C@@H]2[C@@H](SCC(O)c3ccc(F)cc3)C(=O)N2c2ccc(F)cc2)cc1)NCC(=O)N[C@@H](C(=O)O)[C@@H](O)[C@H](O)[C@H](O)CO. The number of amides is 3. The number of β-lactam (4-membered cyclic amide) rings is 1. The van der Waals surface area contributed by atoms with Crippen LogP contribution in [-0.4, -0.2) is 109 Å². The quantitative estimate of drug-likeness (QED) is 0.0866. The molecule has 50 heavy (non-hydrogen) atoms. The molecule has 0 saturated carbocycles. The van der Waals surface area contributed by atoms with Gasteiger partial charge in [-0.15, -0.1) is 11.8 Å². The highest BCUT2D eigenvalue weighted by atomic mass is 32.2. The first kappa shape index (κ1) is 38.2. The van der Waals surface area contributed by atoms with Crippen molar-refractivity contribution in [3.05, 3.63) is 95.6 Å². The van der Waals surface area contributed by atoms with Crippen LogP contribution >= 0.6 is 11.8 Å². The topological polar surface area (TPSA) is 226 Å². The van der Waals surface area contributed by atoms with Crippen molar-refractivity contribution in [2.45, 2.75) is 41.7 Å². The minimum Gasteiger partial charge on any atom is -0.484 e. The molecule has 1 fully saturated rings. The highest BCUT2D eigenvalue weighted by Gasteiger charge is 2.49. The van der Waals surface area contributed by atoms with Gasteiger partial charge in [0, 0.05) is 11.4 Å². The number of aliphatic hydroxyl groups is 5. The molecule has 4 rings (SSSR count). The summed E-state index contributed by atoms with van der Waals surface area (Å²) >= 11 is 1.21. The first-order valence-electron chi connectivity index (χ1n) is 15.1. The summed E-state index contributed by atoms with van der Waals surface area (Å²) in [6.45, 7) is -2.25. The van der Waals surface area contributed by atoms with Crippen LogP contribution in [0, 0.1) is 11.6 Å². The lowest BCUT2D eigenvalue weighted by atomic mass is 9.92. The Morgan fingerprint density at radius 1 is 0.860 bits per heavy atom. The first-order valence-corrected chi connectivity index (χ1v) is 16.2. The fourth-order valence-corrected chi connectivity index (χ4v) is 6.30. The molecule has 0 spiro atoms. The number of carbonyl (C=O) groups is 4. The highest BCUT2D eigenvalue weighted by molar-refractivity contribution is 8.00. The Labute approximate surface area is 288 Å². The fourth-order valence-electron chi connectivity index (χ4n) is 5.00. The number of halogens is 2. The molecular weight excluding hydrogens is 684 g/mol. The maximum atomic E-state index is 13.6. The number of thioether (sulfide) groups is 1. The molecule has 17 heteroatoms. The lowest BCUT2D eigenvalue weighted by molar-refractivity contribution is -0.151. The van der Waals surface area contributed by atoms with E-state index in [9.17, 15) is 53.5 Å². The predicted octanol–water partition coefficient (Wildman–Crippen LogP) is 0.0275. The number of nitrogens with one attached hydrogen (secondary N) is 2. The van der Waals surface area contributed by atoms with Gasteiger partial charge in [-0.3, -0.25) is 14.4 Å². The van der Waals surface area contributed by atoms with Gasteiger partial charge in [0.1, 0.15) is 40.9 Å². The summed E-state index contributed by atoms with van der Waals surface area (Å²) in [5.74, 6) is -4.36. The third-order valence-electron chi connectivity index (χ3n) is 7.73. The van der Waals surface area contributed by atoms with Crippen LogP contribution in [0.2, 0.25) is 0 Å². The number of aliphatic hydroxyl groups excluding tert-OH is 5. The van der Waals surface area contributed by atoms with Crippen LogP contribution in [0.1, 0.15) is 23.3 Å². The van der Waals surface area contributed by atoms with Crippen molar-refractivity contribution >= 4 is 41.1 Å². The molecule has 1 aliphatic rings. The predicted molar refractivity (Wildman–Crippen MR) is 174 cm³/mol. The lowest BCUT2D eigenvalue weighted by Gasteiger charge is -2.47. The second-order valence-corrected chi connectivity index (χ2v) is 12.4. The summed E-state index contributed by atoms with van der Waals surface area (Å²) < 4.78 is 32.4. The normalized spacial score (nSPS) is 18.6. The van der Waals surface area contributed by atoms with Gasteiger partial charge in [0.15, 0.2) is 12.6 Å². The minimum atomic E-state index is -2.18. The van der Waals surface area contributed by atoms with Crippen molar-refractivity contribution in [2.75, 3.05) is 30.4 Å². The number of carboxylic acid groups (broad SMARTS) is 1. The molecule has 3 aromatic carbocycles. The second-order valence-electron chi connectivity index (χ2n) is 11.2. The van der Waals surface area contributed by atoms with Crippen molar-refractivity contribution in [3.63, 3.8) is 0 Å². The molecule has 0 aliphatic carbocycles. The van der Waals surface area contributed by atoms with Crippen LogP contribution in [0.4, 0.5) is 14.5 Å². The molecule has 1 heterocycles.